The maximum atomic E-state index is 13.3. The highest BCUT2D eigenvalue weighted by Crippen LogP contribution is 2.31. The second-order valence-electron chi connectivity index (χ2n) is 8.78. The molecule has 0 spiro atoms. The van der Waals surface area contributed by atoms with Crippen LogP contribution < -0.4 is 0 Å². The van der Waals surface area contributed by atoms with Crippen molar-refractivity contribution < 1.29 is 17.9 Å². The number of hydrogen-bond donors (Lipinski definition) is 0. The molecule has 0 aromatic carbocycles. The summed E-state index contributed by atoms with van der Waals surface area (Å²) in [4.78, 5) is 12.6. The summed E-state index contributed by atoms with van der Waals surface area (Å²) in [5.74, 6) is -0.121. The molecular formula is C19H32N4O4S. The van der Waals surface area contributed by atoms with Gasteiger partial charge in [0.1, 0.15) is 11.6 Å². The molecule has 1 aromatic rings. The van der Waals surface area contributed by atoms with Crippen molar-refractivity contribution in [2.75, 3.05) is 19.6 Å². The smallest absolute Gasteiger partial charge is 0.325 e. The van der Waals surface area contributed by atoms with E-state index in [1.165, 1.54) is 8.61 Å². The summed E-state index contributed by atoms with van der Waals surface area (Å²) < 4.78 is 36.8. The number of ether oxygens (including phenoxy) is 1. The van der Waals surface area contributed by atoms with Crippen LogP contribution in [0.4, 0.5) is 0 Å². The summed E-state index contributed by atoms with van der Waals surface area (Å²) in [7, 11) is -1.81. The van der Waals surface area contributed by atoms with Crippen LogP contribution in [0.15, 0.2) is 12.4 Å². The van der Waals surface area contributed by atoms with Crippen molar-refractivity contribution in [1.82, 2.24) is 18.4 Å². The summed E-state index contributed by atoms with van der Waals surface area (Å²) >= 11 is 0. The predicted molar refractivity (Wildman–Crippen MR) is 106 cm³/mol. The molecular weight excluding hydrogens is 380 g/mol. The molecule has 0 aliphatic carbocycles. The molecule has 3 heterocycles. The first-order chi connectivity index (χ1) is 13.1. The van der Waals surface area contributed by atoms with Gasteiger partial charge >= 0.3 is 5.97 Å². The van der Waals surface area contributed by atoms with Crippen molar-refractivity contribution in [3.63, 3.8) is 0 Å². The highest BCUT2D eigenvalue weighted by Gasteiger charge is 2.42. The van der Waals surface area contributed by atoms with Gasteiger partial charge in [0, 0.05) is 32.9 Å². The number of carbonyl (C=O) groups is 1. The van der Waals surface area contributed by atoms with E-state index in [-0.39, 0.29) is 0 Å². The molecule has 0 bridgehead atoms. The largest absolute Gasteiger partial charge is 0.459 e. The number of aryl methyl sites for hydroxylation is 1. The first-order valence-corrected chi connectivity index (χ1v) is 11.5. The lowest BCUT2D eigenvalue weighted by atomic mass is 9.93. The van der Waals surface area contributed by atoms with Crippen LogP contribution in [0.1, 0.15) is 64.4 Å². The quantitative estimate of drug-likeness (QED) is 0.707. The van der Waals surface area contributed by atoms with Crippen molar-refractivity contribution in [2.24, 2.45) is 7.05 Å². The molecule has 0 saturated carbocycles. The number of piperidine rings is 2. The highest BCUT2D eigenvalue weighted by atomic mass is 32.2. The third kappa shape index (κ3) is 4.75. The fourth-order valence-electron chi connectivity index (χ4n) is 4.01. The van der Waals surface area contributed by atoms with E-state index >= 15 is 0 Å². The standard InChI is InChI=1S/C19H32N4O4S/c1-19(2,3)27-18(24)17-7-5-6-10-23(17)28(25,26)22-11-8-15(9-12-22)16-13-20-21(4)14-16/h13-15,17H,5-12H2,1-4H3. The maximum absolute atomic E-state index is 13.3. The molecule has 0 N–H and O–H groups in total. The Balaban J connectivity index is 1.69. The Bertz CT molecular complexity index is 791. The van der Waals surface area contributed by atoms with Gasteiger partial charge in [-0.05, 0) is 64.4 Å². The number of carbonyl (C=O) groups excluding carboxylic acids is 1. The molecule has 158 valence electrons. The van der Waals surface area contributed by atoms with Gasteiger partial charge in [-0.1, -0.05) is 0 Å². The molecule has 0 radical (unpaired) electrons. The van der Waals surface area contributed by atoms with E-state index in [0.717, 1.165) is 31.2 Å². The topological polar surface area (TPSA) is 84.7 Å². The third-order valence-corrected chi connectivity index (χ3v) is 7.45. The van der Waals surface area contributed by atoms with Gasteiger partial charge in [0.05, 0.1) is 6.20 Å². The first-order valence-electron chi connectivity index (χ1n) is 10.1. The fourth-order valence-corrected chi connectivity index (χ4v) is 5.85. The molecule has 2 fully saturated rings. The monoisotopic (exact) mass is 412 g/mol. The van der Waals surface area contributed by atoms with E-state index in [9.17, 15) is 13.2 Å². The van der Waals surface area contributed by atoms with Crippen LogP contribution in [0.25, 0.3) is 0 Å². The SMILES string of the molecule is Cn1cc(C2CCN(S(=O)(=O)N3CCCCC3C(=O)OC(C)(C)C)CC2)cn1. The molecule has 0 amide bonds. The summed E-state index contributed by atoms with van der Waals surface area (Å²) in [6, 6.07) is -0.728. The van der Waals surface area contributed by atoms with E-state index in [1.807, 2.05) is 19.4 Å². The molecule has 2 saturated heterocycles. The number of nitrogens with zero attached hydrogens (tertiary/aromatic N) is 4. The Labute approximate surface area is 168 Å². The van der Waals surface area contributed by atoms with Gasteiger partial charge in [-0.2, -0.15) is 22.1 Å². The Morgan fingerprint density at radius 3 is 2.39 bits per heavy atom. The van der Waals surface area contributed by atoms with Gasteiger partial charge in [0.25, 0.3) is 10.2 Å². The molecule has 8 nitrogen and oxygen atoms in total. The molecule has 1 aromatic heterocycles. The van der Waals surface area contributed by atoms with Crippen molar-refractivity contribution in [2.45, 2.75) is 70.4 Å². The lowest BCUT2D eigenvalue weighted by Gasteiger charge is -2.39. The van der Waals surface area contributed by atoms with Crippen LogP contribution in [-0.4, -0.2) is 64.1 Å². The molecule has 2 aliphatic rings. The zero-order valence-corrected chi connectivity index (χ0v) is 18.1. The van der Waals surface area contributed by atoms with Crippen LogP contribution in [0, 0.1) is 0 Å². The van der Waals surface area contributed by atoms with E-state index in [1.54, 1.807) is 25.5 Å². The van der Waals surface area contributed by atoms with Crippen LogP contribution in [0.2, 0.25) is 0 Å². The zero-order chi connectivity index (χ0) is 20.5. The average molecular weight is 413 g/mol. The Hall–Kier alpha value is -1.45. The minimum absolute atomic E-state index is 0.322. The molecule has 28 heavy (non-hydrogen) atoms. The maximum Gasteiger partial charge on any atom is 0.325 e. The predicted octanol–water partition coefficient (Wildman–Crippen LogP) is 2.04. The molecule has 1 atom stereocenters. The van der Waals surface area contributed by atoms with E-state index in [0.29, 0.717) is 32.0 Å². The highest BCUT2D eigenvalue weighted by molar-refractivity contribution is 7.86. The number of esters is 1. The molecule has 2 aliphatic heterocycles. The van der Waals surface area contributed by atoms with Crippen molar-refractivity contribution >= 4 is 16.2 Å². The van der Waals surface area contributed by atoms with Crippen LogP contribution >= 0.6 is 0 Å². The van der Waals surface area contributed by atoms with Crippen molar-refractivity contribution in [3.05, 3.63) is 18.0 Å². The second-order valence-corrected chi connectivity index (χ2v) is 10.7. The normalized spacial score (nSPS) is 23.6. The number of aromatic nitrogens is 2. The Morgan fingerprint density at radius 1 is 1.14 bits per heavy atom. The summed E-state index contributed by atoms with van der Waals surface area (Å²) in [5.41, 5.74) is 0.524. The fraction of sp³-hybridized carbons (Fsp3) is 0.789. The van der Waals surface area contributed by atoms with Crippen LogP contribution in [-0.2, 0) is 26.8 Å². The van der Waals surface area contributed by atoms with Crippen LogP contribution in [0.3, 0.4) is 0 Å². The third-order valence-electron chi connectivity index (χ3n) is 5.41. The van der Waals surface area contributed by atoms with Crippen molar-refractivity contribution in [3.8, 4) is 0 Å². The Morgan fingerprint density at radius 2 is 1.82 bits per heavy atom. The minimum Gasteiger partial charge on any atom is -0.459 e. The first kappa shape index (κ1) is 21.3. The minimum atomic E-state index is -3.69. The molecule has 9 heteroatoms. The van der Waals surface area contributed by atoms with Gasteiger partial charge in [0.2, 0.25) is 0 Å². The van der Waals surface area contributed by atoms with Gasteiger partial charge < -0.3 is 4.74 Å². The zero-order valence-electron chi connectivity index (χ0n) is 17.3. The van der Waals surface area contributed by atoms with E-state index < -0.39 is 27.8 Å². The molecule has 3 rings (SSSR count). The van der Waals surface area contributed by atoms with Crippen LogP contribution in [0.5, 0.6) is 0 Å². The Kier molecular flexibility index (Phi) is 6.17. The average Bonchev–Trinajstić information content (AvgIpc) is 3.07. The summed E-state index contributed by atoms with van der Waals surface area (Å²) in [5, 5.41) is 4.22. The van der Waals surface area contributed by atoms with E-state index in [4.69, 9.17) is 4.74 Å². The van der Waals surface area contributed by atoms with E-state index in [2.05, 4.69) is 5.10 Å². The summed E-state index contributed by atoms with van der Waals surface area (Å²) in [6.07, 6.45) is 7.49. The summed E-state index contributed by atoms with van der Waals surface area (Å²) in [6.45, 7) is 6.69. The van der Waals surface area contributed by atoms with Gasteiger partial charge in [-0.25, -0.2) is 0 Å². The molecule has 1 unspecified atom stereocenters. The number of rotatable bonds is 4. The lowest BCUT2D eigenvalue weighted by Crippen LogP contribution is -2.55. The van der Waals surface area contributed by atoms with Gasteiger partial charge in [-0.3, -0.25) is 9.48 Å². The van der Waals surface area contributed by atoms with Gasteiger partial charge in [-0.15, -0.1) is 0 Å². The van der Waals surface area contributed by atoms with Gasteiger partial charge in [0.15, 0.2) is 0 Å². The van der Waals surface area contributed by atoms with Crippen molar-refractivity contribution in [1.29, 1.82) is 0 Å². The number of hydrogen-bond acceptors (Lipinski definition) is 5. The lowest BCUT2D eigenvalue weighted by molar-refractivity contribution is -0.160. The second kappa shape index (κ2) is 8.12.